The fourth-order valence-corrected chi connectivity index (χ4v) is 3.74. The standard InChI is InChI=1S/C24H22N4O2/c1-15-25-13-20(17-9-10-28(2)23(29)12-17)24(26-15)30-14-18-11-19(18)22-8-7-16-5-3-4-6-21(16)27-22/h3-10,12-13,18-19H,11,14H2,1-2H3/t18-,19+/m1/s1. The number of rotatable bonds is 5. The third-order valence-electron chi connectivity index (χ3n) is 5.65. The summed E-state index contributed by atoms with van der Waals surface area (Å²) in [5.74, 6) is 1.98. The molecule has 0 radical (unpaired) electrons. The molecule has 6 heteroatoms. The smallest absolute Gasteiger partial charge is 0.250 e. The molecule has 1 aromatic carbocycles. The first-order valence-corrected chi connectivity index (χ1v) is 10.1. The van der Waals surface area contributed by atoms with Gasteiger partial charge >= 0.3 is 0 Å². The van der Waals surface area contributed by atoms with Crippen LogP contribution in [0.1, 0.15) is 23.9 Å². The van der Waals surface area contributed by atoms with Gasteiger partial charge in [0.1, 0.15) is 5.82 Å². The predicted molar refractivity (Wildman–Crippen MR) is 116 cm³/mol. The number of aromatic nitrogens is 4. The Hall–Kier alpha value is -3.54. The number of hydrogen-bond donors (Lipinski definition) is 0. The highest BCUT2D eigenvalue weighted by atomic mass is 16.5. The second-order valence-electron chi connectivity index (χ2n) is 7.84. The van der Waals surface area contributed by atoms with Gasteiger partial charge in [0.15, 0.2) is 0 Å². The maximum absolute atomic E-state index is 12.0. The van der Waals surface area contributed by atoms with E-state index in [0.29, 0.717) is 30.1 Å². The van der Waals surface area contributed by atoms with Gasteiger partial charge in [-0.05, 0) is 37.1 Å². The van der Waals surface area contributed by atoms with E-state index in [1.54, 1.807) is 25.5 Å². The normalized spacial score (nSPS) is 17.8. The lowest BCUT2D eigenvalue weighted by Gasteiger charge is -2.11. The molecule has 0 bridgehead atoms. The zero-order valence-electron chi connectivity index (χ0n) is 16.9. The molecule has 1 aliphatic rings. The predicted octanol–water partition coefficient (Wildman–Crippen LogP) is 3.88. The first kappa shape index (κ1) is 18.5. The zero-order chi connectivity index (χ0) is 20.7. The van der Waals surface area contributed by atoms with Gasteiger partial charge in [0.2, 0.25) is 5.88 Å². The molecule has 1 saturated carbocycles. The molecule has 0 aliphatic heterocycles. The quantitative estimate of drug-likeness (QED) is 0.510. The molecule has 1 fully saturated rings. The van der Waals surface area contributed by atoms with Crippen LogP contribution in [0.4, 0.5) is 0 Å². The molecule has 1 aliphatic carbocycles. The summed E-state index contributed by atoms with van der Waals surface area (Å²) in [6.45, 7) is 2.40. The molecule has 6 nitrogen and oxygen atoms in total. The van der Waals surface area contributed by atoms with Gasteiger partial charge in [-0.3, -0.25) is 9.78 Å². The summed E-state index contributed by atoms with van der Waals surface area (Å²) in [7, 11) is 1.73. The van der Waals surface area contributed by atoms with E-state index in [0.717, 1.165) is 34.1 Å². The van der Waals surface area contributed by atoms with Crippen molar-refractivity contribution in [3.63, 3.8) is 0 Å². The molecule has 4 aromatic rings. The van der Waals surface area contributed by atoms with E-state index in [1.165, 1.54) is 4.57 Å². The number of hydrogen-bond acceptors (Lipinski definition) is 5. The number of aryl methyl sites for hydroxylation is 2. The van der Waals surface area contributed by atoms with Gasteiger partial charge < -0.3 is 9.30 Å². The molecule has 0 saturated heterocycles. The van der Waals surface area contributed by atoms with Crippen LogP contribution in [-0.4, -0.2) is 26.1 Å². The van der Waals surface area contributed by atoms with Crippen molar-refractivity contribution >= 4 is 10.9 Å². The van der Waals surface area contributed by atoms with Crippen LogP contribution in [-0.2, 0) is 7.05 Å². The summed E-state index contributed by atoms with van der Waals surface area (Å²) < 4.78 is 7.65. The maximum atomic E-state index is 12.0. The van der Waals surface area contributed by atoms with Crippen LogP contribution in [0.25, 0.3) is 22.0 Å². The van der Waals surface area contributed by atoms with E-state index in [2.05, 4.69) is 28.2 Å². The average Bonchev–Trinajstić information content (AvgIpc) is 3.54. The molecule has 0 unspecified atom stereocenters. The van der Waals surface area contributed by atoms with Crippen LogP contribution < -0.4 is 10.3 Å². The average molecular weight is 398 g/mol. The van der Waals surface area contributed by atoms with Crippen molar-refractivity contribution in [3.8, 4) is 17.0 Å². The highest BCUT2D eigenvalue weighted by molar-refractivity contribution is 5.78. The van der Waals surface area contributed by atoms with Crippen LogP contribution >= 0.6 is 0 Å². The fraction of sp³-hybridized carbons (Fsp3) is 0.250. The number of benzene rings is 1. The molecular formula is C24H22N4O2. The minimum absolute atomic E-state index is 0.0799. The fourth-order valence-electron chi connectivity index (χ4n) is 3.74. The highest BCUT2D eigenvalue weighted by Gasteiger charge is 2.40. The van der Waals surface area contributed by atoms with Crippen molar-refractivity contribution in [3.05, 3.63) is 82.8 Å². The number of fused-ring (bicyclic) bond motifs is 1. The molecule has 30 heavy (non-hydrogen) atoms. The highest BCUT2D eigenvalue weighted by Crippen LogP contribution is 2.47. The van der Waals surface area contributed by atoms with E-state index in [4.69, 9.17) is 9.72 Å². The minimum atomic E-state index is -0.0799. The Morgan fingerprint density at radius 3 is 2.87 bits per heavy atom. The van der Waals surface area contributed by atoms with Gasteiger partial charge in [-0.15, -0.1) is 0 Å². The Kier molecular flexibility index (Phi) is 4.54. The lowest BCUT2D eigenvalue weighted by molar-refractivity contribution is 0.285. The van der Waals surface area contributed by atoms with Gasteiger partial charge in [0.05, 0.1) is 17.7 Å². The molecule has 2 atom stereocenters. The second kappa shape index (κ2) is 7.37. The number of nitrogens with zero attached hydrogens (tertiary/aromatic N) is 4. The SMILES string of the molecule is Cc1ncc(-c2ccn(C)c(=O)c2)c(OC[C@H]2C[C@@H]2c2ccc3ccccc3n2)n1. The van der Waals surface area contributed by atoms with Crippen LogP contribution in [0.3, 0.4) is 0 Å². The topological polar surface area (TPSA) is 69.9 Å². The Morgan fingerprint density at radius 2 is 2.00 bits per heavy atom. The summed E-state index contributed by atoms with van der Waals surface area (Å²) in [4.78, 5) is 25.6. The van der Waals surface area contributed by atoms with Gasteiger partial charge in [0, 0.05) is 48.4 Å². The molecule has 0 spiro atoms. The Morgan fingerprint density at radius 1 is 1.13 bits per heavy atom. The van der Waals surface area contributed by atoms with Gasteiger partial charge in [0.25, 0.3) is 5.56 Å². The van der Waals surface area contributed by atoms with E-state index in [-0.39, 0.29) is 5.56 Å². The lowest BCUT2D eigenvalue weighted by atomic mass is 10.1. The number of pyridine rings is 2. The van der Waals surface area contributed by atoms with E-state index >= 15 is 0 Å². The van der Waals surface area contributed by atoms with Crippen LogP contribution in [0, 0.1) is 12.8 Å². The Labute approximate surface area is 174 Å². The molecule has 5 rings (SSSR count). The third kappa shape index (κ3) is 3.56. The Bertz CT molecular complexity index is 1300. The number of para-hydroxylation sites is 1. The van der Waals surface area contributed by atoms with E-state index in [9.17, 15) is 4.79 Å². The molecule has 0 N–H and O–H groups in total. The molecule has 0 amide bonds. The van der Waals surface area contributed by atoms with Crippen molar-refractivity contribution < 1.29 is 4.74 Å². The van der Waals surface area contributed by atoms with Gasteiger partial charge in [-0.25, -0.2) is 4.98 Å². The third-order valence-corrected chi connectivity index (χ3v) is 5.65. The van der Waals surface area contributed by atoms with E-state index < -0.39 is 0 Å². The molecule has 3 aromatic heterocycles. The van der Waals surface area contributed by atoms with Gasteiger partial charge in [-0.2, -0.15) is 4.98 Å². The van der Waals surface area contributed by atoms with Gasteiger partial charge in [-0.1, -0.05) is 24.3 Å². The van der Waals surface area contributed by atoms with Crippen LogP contribution in [0.15, 0.2) is 65.7 Å². The van der Waals surface area contributed by atoms with Crippen molar-refractivity contribution in [1.82, 2.24) is 19.5 Å². The molecule has 3 heterocycles. The van der Waals surface area contributed by atoms with Crippen molar-refractivity contribution in [1.29, 1.82) is 0 Å². The largest absolute Gasteiger partial charge is 0.477 e. The molecular weight excluding hydrogens is 376 g/mol. The Balaban J connectivity index is 1.33. The summed E-state index contributed by atoms with van der Waals surface area (Å²) in [5.41, 5.74) is 3.56. The number of ether oxygens (including phenoxy) is 1. The minimum Gasteiger partial charge on any atom is -0.477 e. The first-order valence-electron chi connectivity index (χ1n) is 10.1. The summed E-state index contributed by atoms with van der Waals surface area (Å²) in [5, 5.41) is 1.16. The van der Waals surface area contributed by atoms with E-state index in [1.807, 2.05) is 31.2 Å². The zero-order valence-corrected chi connectivity index (χ0v) is 16.9. The first-order chi connectivity index (χ1) is 14.6. The monoisotopic (exact) mass is 398 g/mol. The van der Waals surface area contributed by atoms with Crippen molar-refractivity contribution in [2.24, 2.45) is 13.0 Å². The summed E-state index contributed by atoms with van der Waals surface area (Å²) in [6.07, 6.45) is 4.52. The summed E-state index contributed by atoms with van der Waals surface area (Å²) >= 11 is 0. The van der Waals surface area contributed by atoms with Crippen LogP contribution in [0.5, 0.6) is 5.88 Å². The second-order valence-corrected chi connectivity index (χ2v) is 7.84. The van der Waals surface area contributed by atoms with Crippen molar-refractivity contribution in [2.75, 3.05) is 6.61 Å². The molecule has 150 valence electrons. The summed E-state index contributed by atoms with van der Waals surface area (Å²) in [6, 6.07) is 15.9. The lowest BCUT2D eigenvalue weighted by Crippen LogP contribution is -2.14. The van der Waals surface area contributed by atoms with Crippen LogP contribution in [0.2, 0.25) is 0 Å². The maximum Gasteiger partial charge on any atom is 0.250 e. The van der Waals surface area contributed by atoms with Crippen molar-refractivity contribution in [2.45, 2.75) is 19.3 Å².